The monoisotopic (exact) mass is 515 g/mol. The molecule has 0 spiro atoms. The first kappa shape index (κ1) is 35.2. The molecule has 0 saturated carbocycles. The van der Waals surface area contributed by atoms with Crippen LogP contribution in [-0.2, 0) is 28.4 Å². The molecule has 214 valence electrons. The van der Waals surface area contributed by atoms with Gasteiger partial charge in [0.25, 0.3) is 0 Å². The average Bonchev–Trinajstić information content (AvgIpc) is 2.89. The minimum Gasteiger partial charge on any atom is -0.379 e. The van der Waals surface area contributed by atoms with Gasteiger partial charge in [0.15, 0.2) is 0 Å². The maximum atomic E-state index is 6.09. The van der Waals surface area contributed by atoms with Gasteiger partial charge in [-0.05, 0) is 38.5 Å². The van der Waals surface area contributed by atoms with Crippen molar-refractivity contribution in [3.05, 3.63) is 25.3 Å². The van der Waals surface area contributed by atoms with E-state index >= 15 is 0 Å². The van der Waals surface area contributed by atoms with Crippen LogP contribution in [0.15, 0.2) is 25.3 Å². The van der Waals surface area contributed by atoms with E-state index in [0.29, 0.717) is 66.0 Å². The molecule has 0 aromatic carbocycles. The van der Waals surface area contributed by atoms with Gasteiger partial charge in [0, 0.05) is 19.8 Å². The van der Waals surface area contributed by atoms with Crippen LogP contribution in [0.3, 0.4) is 0 Å². The molecule has 0 aliphatic rings. The molecule has 7 heteroatoms. The van der Waals surface area contributed by atoms with Crippen LogP contribution < -0.4 is 5.73 Å². The minimum atomic E-state index is -0.0322. The van der Waals surface area contributed by atoms with Crippen LogP contribution in [0.2, 0.25) is 0 Å². The third-order valence-corrected chi connectivity index (χ3v) is 5.59. The van der Waals surface area contributed by atoms with Crippen LogP contribution in [0.1, 0.15) is 77.0 Å². The molecule has 1 unspecified atom stereocenters. The Morgan fingerprint density at radius 3 is 1.42 bits per heavy atom. The number of hydrogen-bond donors (Lipinski definition) is 1. The first-order valence-corrected chi connectivity index (χ1v) is 14.3. The van der Waals surface area contributed by atoms with Crippen molar-refractivity contribution in [2.24, 2.45) is 5.73 Å². The van der Waals surface area contributed by atoms with E-state index in [1.807, 2.05) is 12.2 Å². The Morgan fingerprint density at radius 2 is 0.889 bits per heavy atom. The lowest BCUT2D eigenvalue weighted by Crippen LogP contribution is -2.27. The Hall–Kier alpha value is -0.800. The van der Waals surface area contributed by atoms with Crippen molar-refractivity contribution in [3.63, 3.8) is 0 Å². The summed E-state index contributed by atoms with van der Waals surface area (Å²) in [7, 11) is 0. The molecule has 0 rings (SSSR count). The van der Waals surface area contributed by atoms with Gasteiger partial charge < -0.3 is 34.2 Å². The Kier molecular flexibility index (Phi) is 31.5. The van der Waals surface area contributed by atoms with Gasteiger partial charge in [0.1, 0.15) is 6.10 Å². The number of allylic oxidation sites excluding steroid dienone is 2. The first-order valence-electron chi connectivity index (χ1n) is 14.3. The molecule has 0 aromatic rings. The summed E-state index contributed by atoms with van der Waals surface area (Å²) in [6.07, 6.45) is 18.3. The molecular weight excluding hydrogens is 458 g/mol. The molecule has 0 aliphatic heterocycles. The first-order chi connectivity index (χ1) is 17.8. The Morgan fingerprint density at radius 1 is 0.472 bits per heavy atom. The van der Waals surface area contributed by atoms with E-state index in [1.54, 1.807) is 0 Å². The van der Waals surface area contributed by atoms with Crippen molar-refractivity contribution >= 4 is 0 Å². The highest BCUT2D eigenvalue weighted by molar-refractivity contribution is 4.66. The fourth-order valence-electron chi connectivity index (χ4n) is 3.51. The number of nitrogens with two attached hydrogens (primary N) is 1. The molecule has 0 heterocycles. The summed E-state index contributed by atoms with van der Waals surface area (Å²) >= 11 is 0. The molecule has 0 aliphatic carbocycles. The fourth-order valence-corrected chi connectivity index (χ4v) is 3.51. The lowest BCUT2D eigenvalue weighted by Gasteiger charge is -2.18. The summed E-state index contributed by atoms with van der Waals surface area (Å²) in [5.41, 5.74) is 5.36. The number of rotatable bonds is 32. The second kappa shape index (κ2) is 32.2. The number of ether oxygens (including phenoxy) is 6. The SMILES string of the molecule is C=CCCCCCCCOCC(COCCOCCOCCOCCN)OCCCCCCCC=C. The molecule has 0 saturated heterocycles. The molecule has 2 N–H and O–H groups in total. The fraction of sp³-hybridized carbons (Fsp3) is 0.862. The highest BCUT2D eigenvalue weighted by atomic mass is 16.6. The standard InChI is InChI=1S/C29H57NO6/c1-3-5-7-9-11-13-15-18-34-27-29(36-19-16-14-12-10-8-6-4-2)28-35-26-25-33-24-23-32-22-21-31-20-17-30/h3-4,29H,1-2,5-28,30H2. The third-order valence-electron chi connectivity index (χ3n) is 5.59. The molecule has 0 bridgehead atoms. The number of unbranched alkanes of at least 4 members (excludes halogenated alkanes) is 10. The van der Waals surface area contributed by atoms with Crippen LogP contribution in [0, 0.1) is 0 Å². The normalized spacial score (nSPS) is 12.1. The summed E-state index contributed by atoms with van der Waals surface area (Å²) in [5.74, 6) is 0. The van der Waals surface area contributed by atoms with Crippen molar-refractivity contribution in [3.8, 4) is 0 Å². The molecule has 7 nitrogen and oxygen atoms in total. The summed E-state index contributed by atoms with van der Waals surface area (Å²) in [6, 6.07) is 0. The van der Waals surface area contributed by atoms with Crippen molar-refractivity contribution in [1.82, 2.24) is 0 Å². The Labute approximate surface area is 222 Å². The average molecular weight is 516 g/mol. The Balaban J connectivity index is 3.84. The van der Waals surface area contributed by atoms with Crippen LogP contribution in [0.25, 0.3) is 0 Å². The summed E-state index contributed by atoms with van der Waals surface area (Å²) in [5, 5.41) is 0. The van der Waals surface area contributed by atoms with Crippen molar-refractivity contribution in [1.29, 1.82) is 0 Å². The Bertz CT molecular complexity index is 438. The van der Waals surface area contributed by atoms with Gasteiger partial charge in [0.2, 0.25) is 0 Å². The summed E-state index contributed by atoms with van der Waals surface area (Å²) in [4.78, 5) is 0. The summed E-state index contributed by atoms with van der Waals surface area (Å²) < 4.78 is 34.0. The molecule has 0 radical (unpaired) electrons. The van der Waals surface area contributed by atoms with E-state index in [9.17, 15) is 0 Å². The predicted octanol–water partition coefficient (Wildman–Crippen LogP) is 5.47. The topological polar surface area (TPSA) is 81.4 Å². The van der Waals surface area contributed by atoms with Gasteiger partial charge in [-0.25, -0.2) is 0 Å². The van der Waals surface area contributed by atoms with Gasteiger partial charge in [-0.15, -0.1) is 13.2 Å². The van der Waals surface area contributed by atoms with Gasteiger partial charge in [0.05, 0.1) is 59.5 Å². The minimum absolute atomic E-state index is 0.0322. The van der Waals surface area contributed by atoms with Crippen LogP contribution in [0.5, 0.6) is 0 Å². The van der Waals surface area contributed by atoms with Gasteiger partial charge in [-0.3, -0.25) is 0 Å². The van der Waals surface area contributed by atoms with Gasteiger partial charge in [-0.1, -0.05) is 50.7 Å². The maximum Gasteiger partial charge on any atom is 0.104 e. The molecule has 0 amide bonds. The zero-order valence-corrected chi connectivity index (χ0v) is 23.1. The van der Waals surface area contributed by atoms with E-state index in [-0.39, 0.29) is 6.10 Å². The lowest BCUT2D eigenvalue weighted by atomic mass is 10.1. The number of hydrogen-bond acceptors (Lipinski definition) is 7. The van der Waals surface area contributed by atoms with Crippen molar-refractivity contribution < 1.29 is 28.4 Å². The second-order valence-corrected chi connectivity index (χ2v) is 8.96. The molecule has 36 heavy (non-hydrogen) atoms. The highest BCUT2D eigenvalue weighted by Crippen LogP contribution is 2.08. The van der Waals surface area contributed by atoms with Gasteiger partial charge >= 0.3 is 0 Å². The van der Waals surface area contributed by atoms with Gasteiger partial charge in [-0.2, -0.15) is 0 Å². The zero-order valence-electron chi connectivity index (χ0n) is 23.1. The van der Waals surface area contributed by atoms with E-state index in [1.165, 1.54) is 51.4 Å². The van der Waals surface area contributed by atoms with E-state index in [4.69, 9.17) is 34.2 Å². The molecular formula is C29H57NO6. The smallest absolute Gasteiger partial charge is 0.104 e. The van der Waals surface area contributed by atoms with Crippen molar-refractivity contribution in [2.75, 3.05) is 79.2 Å². The maximum absolute atomic E-state index is 6.09. The van der Waals surface area contributed by atoms with Crippen LogP contribution in [-0.4, -0.2) is 85.3 Å². The predicted molar refractivity (Wildman–Crippen MR) is 149 cm³/mol. The third kappa shape index (κ3) is 29.4. The molecule has 0 fully saturated rings. The van der Waals surface area contributed by atoms with E-state index in [2.05, 4.69) is 13.2 Å². The van der Waals surface area contributed by atoms with E-state index in [0.717, 1.165) is 38.9 Å². The molecule has 1 atom stereocenters. The summed E-state index contributed by atoms with van der Waals surface area (Å²) in [6.45, 7) is 14.6. The van der Waals surface area contributed by atoms with E-state index < -0.39 is 0 Å². The lowest BCUT2D eigenvalue weighted by molar-refractivity contribution is -0.0700. The molecule has 0 aromatic heterocycles. The quantitative estimate of drug-likeness (QED) is 0.0940. The van der Waals surface area contributed by atoms with Crippen molar-refractivity contribution in [2.45, 2.75) is 83.2 Å². The van der Waals surface area contributed by atoms with Crippen LogP contribution in [0.4, 0.5) is 0 Å². The highest BCUT2D eigenvalue weighted by Gasteiger charge is 2.10. The second-order valence-electron chi connectivity index (χ2n) is 8.96. The van der Waals surface area contributed by atoms with Crippen LogP contribution >= 0.6 is 0 Å². The largest absolute Gasteiger partial charge is 0.379 e. The zero-order chi connectivity index (χ0) is 26.2.